The van der Waals surface area contributed by atoms with Crippen LogP contribution in [0.5, 0.6) is 0 Å². The van der Waals surface area contributed by atoms with Crippen LogP contribution in [0.3, 0.4) is 0 Å². The van der Waals surface area contributed by atoms with Gasteiger partial charge in [0.2, 0.25) is 5.13 Å². The van der Waals surface area contributed by atoms with E-state index < -0.39 is 0 Å². The SMILES string of the molecule is CNC(=O)N(C)c1nnc(SCCN2CCOCC2)s1. The summed E-state index contributed by atoms with van der Waals surface area (Å²) in [5, 5.41) is 11.3. The molecule has 2 amide bonds. The van der Waals surface area contributed by atoms with Crippen LogP contribution >= 0.6 is 23.1 Å². The molecule has 0 aliphatic carbocycles. The first kappa shape index (κ1) is 15.5. The standard InChI is InChI=1S/C11H19N5O2S2/c1-12-9(17)15(2)10-13-14-11(20-10)19-8-5-16-3-6-18-7-4-16/h3-8H2,1-2H3,(H,12,17). The molecule has 0 unspecified atom stereocenters. The zero-order chi connectivity index (χ0) is 14.4. The lowest BCUT2D eigenvalue weighted by Crippen LogP contribution is -2.37. The third-order valence-electron chi connectivity index (χ3n) is 2.94. The van der Waals surface area contributed by atoms with Gasteiger partial charge in [-0.05, 0) is 0 Å². The van der Waals surface area contributed by atoms with Crippen LogP contribution in [0.2, 0.25) is 0 Å². The minimum absolute atomic E-state index is 0.189. The van der Waals surface area contributed by atoms with Crippen molar-refractivity contribution in [1.29, 1.82) is 0 Å². The molecule has 0 atom stereocenters. The Kier molecular flexibility index (Phi) is 6.02. The summed E-state index contributed by atoms with van der Waals surface area (Å²) in [5.41, 5.74) is 0. The highest BCUT2D eigenvalue weighted by atomic mass is 32.2. The van der Waals surface area contributed by atoms with Crippen molar-refractivity contribution in [2.75, 3.05) is 57.6 Å². The summed E-state index contributed by atoms with van der Waals surface area (Å²) in [4.78, 5) is 15.3. The van der Waals surface area contributed by atoms with E-state index in [-0.39, 0.29) is 6.03 Å². The molecule has 1 aliphatic heterocycles. The number of nitrogens with zero attached hydrogens (tertiary/aromatic N) is 4. The minimum atomic E-state index is -0.189. The fourth-order valence-corrected chi connectivity index (χ4v) is 3.61. The Morgan fingerprint density at radius 1 is 1.50 bits per heavy atom. The lowest BCUT2D eigenvalue weighted by molar-refractivity contribution is 0.0410. The Hall–Kier alpha value is -0.900. The Labute approximate surface area is 126 Å². The van der Waals surface area contributed by atoms with Gasteiger partial charge in [-0.2, -0.15) is 0 Å². The van der Waals surface area contributed by atoms with Crippen molar-refractivity contribution in [3.63, 3.8) is 0 Å². The maximum Gasteiger partial charge on any atom is 0.323 e. The number of morpholine rings is 1. The first-order valence-electron chi connectivity index (χ1n) is 6.42. The van der Waals surface area contributed by atoms with Gasteiger partial charge in [0.1, 0.15) is 0 Å². The van der Waals surface area contributed by atoms with Crippen LogP contribution in [-0.2, 0) is 4.74 Å². The zero-order valence-electron chi connectivity index (χ0n) is 11.7. The second kappa shape index (κ2) is 7.77. The van der Waals surface area contributed by atoms with E-state index in [1.165, 1.54) is 16.2 Å². The van der Waals surface area contributed by atoms with E-state index in [9.17, 15) is 4.79 Å². The topological polar surface area (TPSA) is 70.6 Å². The number of nitrogens with one attached hydrogen (secondary N) is 1. The molecule has 1 aliphatic rings. The fourth-order valence-electron chi connectivity index (χ4n) is 1.74. The number of hydrogen-bond acceptors (Lipinski definition) is 7. The van der Waals surface area contributed by atoms with Crippen molar-refractivity contribution in [3.05, 3.63) is 0 Å². The molecule has 1 N–H and O–H groups in total. The molecule has 0 aromatic carbocycles. The van der Waals surface area contributed by atoms with E-state index in [0.717, 1.165) is 42.9 Å². The molecule has 1 aromatic heterocycles. The highest BCUT2D eigenvalue weighted by Gasteiger charge is 2.15. The van der Waals surface area contributed by atoms with Crippen LogP contribution in [0, 0.1) is 0 Å². The van der Waals surface area contributed by atoms with Crippen molar-refractivity contribution in [2.45, 2.75) is 4.34 Å². The molecule has 0 bridgehead atoms. The van der Waals surface area contributed by atoms with E-state index in [2.05, 4.69) is 20.4 Å². The number of ether oxygens (including phenoxy) is 1. The van der Waals surface area contributed by atoms with Crippen molar-refractivity contribution in [1.82, 2.24) is 20.4 Å². The molecule has 9 heteroatoms. The van der Waals surface area contributed by atoms with E-state index >= 15 is 0 Å². The molecule has 0 radical (unpaired) electrons. The summed E-state index contributed by atoms with van der Waals surface area (Å²) >= 11 is 3.11. The molecule has 112 valence electrons. The van der Waals surface area contributed by atoms with Gasteiger partial charge in [-0.15, -0.1) is 10.2 Å². The van der Waals surface area contributed by atoms with E-state index in [1.807, 2.05) is 0 Å². The highest BCUT2D eigenvalue weighted by molar-refractivity contribution is 8.01. The molecule has 7 nitrogen and oxygen atoms in total. The van der Waals surface area contributed by atoms with E-state index in [0.29, 0.717) is 5.13 Å². The number of thioether (sulfide) groups is 1. The average Bonchev–Trinajstić information content (AvgIpc) is 2.95. The summed E-state index contributed by atoms with van der Waals surface area (Å²) in [6.45, 7) is 4.67. The maximum atomic E-state index is 11.5. The zero-order valence-corrected chi connectivity index (χ0v) is 13.3. The summed E-state index contributed by atoms with van der Waals surface area (Å²) in [5.74, 6) is 0.971. The third kappa shape index (κ3) is 4.30. The van der Waals surface area contributed by atoms with Crippen LogP contribution in [0.15, 0.2) is 4.34 Å². The molecule has 0 spiro atoms. The van der Waals surface area contributed by atoms with Gasteiger partial charge in [0.25, 0.3) is 0 Å². The van der Waals surface area contributed by atoms with Crippen LogP contribution in [0.1, 0.15) is 0 Å². The lowest BCUT2D eigenvalue weighted by atomic mass is 10.4. The predicted molar refractivity (Wildman–Crippen MR) is 80.8 cm³/mol. The second-order valence-electron chi connectivity index (χ2n) is 4.27. The van der Waals surface area contributed by atoms with Crippen LogP contribution in [0.4, 0.5) is 9.93 Å². The summed E-state index contributed by atoms with van der Waals surface area (Å²) in [6, 6.07) is -0.189. The first-order valence-corrected chi connectivity index (χ1v) is 8.22. The van der Waals surface area contributed by atoms with Gasteiger partial charge in [0.15, 0.2) is 4.34 Å². The van der Waals surface area contributed by atoms with Gasteiger partial charge < -0.3 is 10.1 Å². The number of rotatable bonds is 5. The van der Waals surface area contributed by atoms with E-state index in [4.69, 9.17) is 4.74 Å². The average molecular weight is 317 g/mol. The predicted octanol–water partition coefficient (Wildman–Crippen LogP) is 0.738. The Balaban J connectivity index is 1.76. The molecule has 1 saturated heterocycles. The highest BCUT2D eigenvalue weighted by Crippen LogP contribution is 2.27. The normalized spacial score (nSPS) is 16.1. The second-order valence-corrected chi connectivity index (χ2v) is 6.57. The summed E-state index contributed by atoms with van der Waals surface area (Å²) in [6.07, 6.45) is 0. The van der Waals surface area contributed by atoms with Crippen molar-refractivity contribution >= 4 is 34.3 Å². The number of anilines is 1. The molecule has 20 heavy (non-hydrogen) atoms. The van der Waals surface area contributed by atoms with Gasteiger partial charge in [-0.25, -0.2) is 4.79 Å². The fraction of sp³-hybridized carbons (Fsp3) is 0.727. The summed E-state index contributed by atoms with van der Waals surface area (Å²) in [7, 11) is 3.28. The Morgan fingerprint density at radius 3 is 2.95 bits per heavy atom. The first-order chi connectivity index (χ1) is 9.70. The van der Waals surface area contributed by atoms with Gasteiger partial charge in [-0.3, -0.25) is 9.80 Å². The molecule has 0 saturated carbocycles. The molecular weight excluding hydrogens is 298 g/mol. The van der Waals surface area contributed by atoms with Gasteiger partial charge in [-0.1, -0.05) is 23.1 Å². The molecule has 2 rings (SSSR count). The smallest absolute Gasteiger partial charge is 0.323 e. The van der Waals surface area contributed by atoms with Gasteiger partial charge in [0, 0.05) is 39.5 Å². The monoisotopic (exact) mass is 317 g/mol. The quantitative estimate of drug-likeness (QED) is 0.638. The molecule has 1 fully saturated rings. The molecule has 2 heterocycles. The van der Waals surface area contributed by atoms with Gasteiger partial charge >= 0.3 is 6.03 Å². The lowest BCUT2D eigenvalue weighted by Gasteiger charge is -2.25. The maximum absolute atomic E-state index is 11.5. The Morgan fingerprint density at radius 2 is 2.25 bits per heavy atom. The number of amides is 2. The van der Waals surface area contributed by atoms with Crippen molar-refractivity contribution < 1.29 is 9.53 Å². The largest absolute Gasteiger partial charge is 0.379 e. The molecular formula is C11H19N5O2S2. The van der Waals surface area contributed by atoms with Crippen LogP contribution < -0.4 is 10.2 Å². The van der Waals surface area contributed by atoms with Crippen molar-refractivity contribution in [2.24, 2.45) is 0 Å². The van der Waals surface area contributed by atoms with Crippen molar-refractivity contribution in [3.8, 4) is 0 Å². The van der Waals surface area contributed by atoms with E-state index in [1.54, 1.807) is 25.9 Å². The minimum Gasteiger partial charge on any atom is -0.379 e. The number of hydrogen-bond donors (Lipinski definition) is 1. The Bertz CT molecular complexity index is 436. The third-order valence-corrected chi connectivity index (χ3v) is 5.05. The molecule has 1 aromatic rings. The van der Waals surface area contributed by atoms with Gasteiger partial charge in [0.05, 0.1) is 13.2 Å². The van der Waals surface area contributed by atoms with Crippen LogP contribution in [-0.4, -0.2) is 73.8 Å². The number of urea groups is 1. The van der Waals surface area contributed by atoms with Crippen LogP contribution in [0.25, 0.3) is 0 Å². The number of carbonyl (C=O) groups is 1. The number of carbonyl (C=O) groups excluding carboxylic acids is 1. The number of aromatic nitrogens is 2. The summed E-state index contributed by atoms with van der Waals surface area (Å²) < 4.78 is 6.21.